The summed E-state index contributed by atoms with van der Waals surface area (Å²) in [7, 11) is 0. The van der Waals surface area contributed by atoms with Gasteiger partial charge in [-0.05, 0) is 43.9 Å². The van der Waals surface area contributed by atoms with Crippen LogP contribution in [0.4, 0.5) is 0 Å². The van der Waals surface area contributed by atoms with E-state index in [-0.39, 0.29) is 0 Å². The van der Waals surface area contributed by atoms with Gasteiger partial charge in [0.05, 0.1) is 0 Å². The predicted octanol–water partition coefficient (Wildman–Crippen LogP) is 3.53. The molecular weight excluding hydrogens is 132 g/mol. The average Bonchev–Trinajstić information content (AvgIpc) is 2.40. The Labute approximate surface area is 69.7 Å². The van der Waals surface area contributed by atoms with E-state index in [0.29, 0.717) is 0 Å². The lowest BCUT2D eigenvalue weighted by molar-refractivity contribution is 0.393. The normalized spacial score (nSPS) is 25.4. The van der Waals surface area contributed by atoms with Gasteiger partial charge >= 0.3 is 0 Å². The molecule has 0 aliphatic heterocycles. The summed E-state index contributed by atoms with van der Waals surface area (Å²) in [6.45, 7) is 4.74. The molecule has 0 saturated heterocycles. The van der Waals surface area contributed by atoms with Crippen LogP contribution in [0.2, 0.25) is 0 Å². The zero-order valence-corrected chi connectivity index (χ0v) is 7.69. The summed E-state index contributed by atoms with van der Waals surface area (Å²) in [4.78, 5) is 0. The van der Waals surface area contributed by atoms with Crippen molar-refractivity contribution < 1.29 is 0 Å². The maximum absolute atomic E-state index is 2.37. The van der Waals surface area contributed by atoms with Gasteiger partial charge in [0.2, 0.25) is 0 Å². The topological polar surface area (TPSA) is 0 Å². The van der Waals surface area contributed by atoms with Gasteiger partial charge in [-0.3, -0.25) is 0 Å². The minimum absolute atomic E-state index is 0.903. The smallest absolute Gasteiger partial charge is 0.0284 e. The van der Waals surface area contributed by atoms with Crippen LogP contribution in [0.5, 0.6) is 0 Å². The molecule has 0 aromatic rings. The zero-order chi connectivity index (χ0) is 7.84. The fourth-order valence-corrected chi connectivity index (χ4v) is 2.54. The van der Waals surface area contributed by atoms with Gasteiger partial charge in [-0.1, -0.05) is 25.0 Å². The standard InChI is InChI=1S/C11H18/c1-8(2)11-6-9-4-3-5-10(9)7-11/h8,11H,3-7H2,1-2H3. The van der Waals surface area contributed by atoms with Crippen LogP contribution >= 0.6 is 0 Å². The lowest BCUT2D eigenvalue weighted by atomic mass is 9.90. The van der Waals surface area contributed by atoms with Crippen LogP contribution in [0.15, 0.2) is 11.1 Å². The van der Waals surface area contributed by atoms with Crippen LogP contribution in [0, 0.1) is 11.8 Å². The van der Waals surface area contributed by atoms with E-state index in [0.717, 1.165) is 11.8 Å². The molecule has 0 spiro atoms. The van der Waals surface area contributed by atoms with Crippen molar-refractivity contribution in [3.8, 4) is 0 Å². The van der Waals surface area contributed by atoms with Crippen LogP contribution in [0.3, 0.4) is 0 Å². The van der Waals surface area contributed by atoms with Crippen LogP contribution in [-0.4, -0.2) is 0 Å². The van der Waals surface area contributed by atoms with Crippen molar-refractivity contribution >= 4 is 0 Å². The minimum atomic E-state index is 0.903. The molecule has 2 aliphatic carbocycles. The van der Waals surface area contributed by atoms with E-state index < -0.39 is 0 Å². The Bertz CT molecular complexity index is 170. The highest BCUT2D eigenvalue weighted by Gasteiger charge is 2.28. The molecule has 0 N–H and O–H groups in total. The average molecular weight is 150 g/mol. The molecule has 2 rings (SSSR count). The Morgan fingerprint density at radius 2 is 1.64 bits per heavy atom. The van der Waals surface area contributed by atoms with Gasteiger partial charge in [-0.25, -0.2) is 0 Å². The maximum atomic E-state index is 2.37. The van der Waals surface area contributed by atoms with E-state index in [1.54, 1.807) is 0 Å². The Hall–Kier alpha value is -0.260. The van der Waals surface area contributed by atoms with Crippen LogP contribution in [0.25, 0.3) is 0 Å². The molecule has 0 radical (unpaired) electrons. The van der Waals surface area contributed by atoms with Crippen molar-refractivity contribution in [3.05, 3.63) is 11.1 Å². The fraction of sp³-hybridized carbons (Fsp3) is 0.818. The van der Waals surface area contributed by atoms with Crippen molar-refractivity contribution in [2.75, 3.05) is 0 Å². The third-order valence-electron chi connectivity index (χ3n) is 3.42. The largest absolute Gasteiger partial charge is 0.0707 e. The molecule has 11 heavy (non-hydrogen) atoms. The molecule has 0 nitrogen and oxygen atoms in total. The van der Waals surface area contributed by atoms with E-state index in [9.17, 15) is 0 Å². The first kappa shape index (κ1) is 7.39. The molecule has 0 atom stereocenters. The Balaban J connectivity index is 2.01. The van der Waals surface area contributed by atoms with Gasteiger partial charge in [0.25, 0.3) is 0 Å². The lowest BCUT2D eigenvalue weighted by Gasteiger charge is -2.15. The second-order valence-corrected chi connectivity index (χ2v) is 4.47. The second-order valence-electron chi connectivity index (χ2n) is 4.47. The summed E-state index contributed by atoms with van der Waals surface area (Å²) in [5.41, 5.74) is 3.67. The van der Waals surface area contributed by atoms with E-state index >= 15 is 0 Å². The first-order valence-corrected chi connectivity index (χ1v) is 4.97. The summed E-state index contributed by atoms with van der Waals surface area (Å²) < 4.78 is 0. The van der Waals surface area contributed by atoms with E-state index in [2.05, 4.69) is 13.8 Å². The van der Waals surface area contributed by atoms with Crippen LogP contribution in [0.1, 0.15) is 46.0 Å². The van der Waals surface area contributed by atoms with Gasteiger partial charge < -0.3 is 0 Å². The number of hydrogen-bond donors (Lipinski definition) is 0. The van der Waals surface area contributed by atoms with Crippen LogP contribution < -0.4 is 0 Å². The summed E-state index contributed by atoms with van der Waals surface area (Å²) in [5, 5.41) is 0. The number of allylic oxidation sites excluding steroid dienone is 2. The van der Waals surface area contributed by atoms with Crippen molar-refractivity contribution in [2.24, 2.45) is 11.8 Å². The number of rotatable bonds is 1. The molecule has 0 unspecified atom stereocenters. The maximum Gasteiger partial charge on any atom is -0.0284 e. The molecule has 0 heteroatoms. The quantitative estimate of drug-likeness (QED) is 0.502. The van der Waals surface area contributed by atoms with Crippen molar-refractivity contribution in [2.45, 2.75) is 46.0 Å². The van der Waals surface area contributed by atoms with E-state index in [4.69, 9.17) is 0 Å². The summed E-state index contributed by atoms with van der Waals surface area (Å²) in [6.07, 6.45) is 7.19. The monoisotopic (exact) mass is 150 g/mol. The third-order valence-corrected chi connectivity index (χ3v) is 3.42. The molecule has 0 aromatic carbocycles. The van der Waals surface area contributed by atoms with Gasteiger partial charge in [0.15, 0.2) is 0 Å². The fourth-order valence-electron chi connectivity index (χ4n) is 2.54. The van der Waals surface area contributed by atoms with Crippen LogP contribution in [-0.2, 0) is 0 Å². The van der Waals surface area contributed by atoms with Crippen molar-refractivity contribution in [3.63, 3.8) is 0 Å². The molecule has 0 fully saturated rings. The molecular formula is C11H18. The Morgan fingerprint density at radius 1 is 1.09 bits per heavy atom. The molecule has 62 valence electrons. The summed E-state index contributed by atoms with van der Waals surface area (Å²) in [5.74, 6) is 1.90. The molecule has 0 amide bonds. The van der Waals surface area contributed by atoms with Gasteiger partial charge in [0.1, 0.15) is 0 Å². The highest BCUT2D eigenvalue weighted by Crippen LogP contribution is 2.44. The van der Waals surface area contributed by atoms with E-state index in [1.807, 2.05) is 11.1 Å². The molecule has 0 heterocycles. The van der Waals surface area contributed by atoms with Crippen molar-refractivity contribution in [1.82, 2.24) is 0 Å². The highest BCUT2D eigenvalue weighted by atomic mass is 14.3. The van der Waals surface area contributed by atoms with E-state index in [1.165, 1.54) is 32.1 Å². The molecule has 2 aliphatic rings. The molecule has 0 saturated carbocycles. The third kappa shape index (κ3) is 1.23. The molecule has 0 aromatic heterocycles. The zero-order valence-electron chi connectivity index (χ0n) is 7.69. The summed E-state index contributed by atoms with van der Waals surface area (Å²) in [6, 6.07) is 0. The summed E-state index contributed by atoms with van der Waals surface area (Å²) >= 11 is 0. The predicted molar refractivity (Wildman–Crippen MR) is 48.4 cm³/mol. The first-order chi connectivity index (χ1) is 5.27. The minimum Gasteiger partial charge on any atom is -0.0707 e. The second kappa shape index (κ2) is 2.66. The highest BCUT2D eigenvalue weighted by molar-refractivity contribution is 5.25. The van der Waals surface area contributed by atoms with Gasteiger partial charge in [-0.2, -0.15) is 0 Å². The number of hydrogen-bond acceptors (Lipinski definition) is 0. The SMILES string of the molecule is CC(C)C1CC2=C(CCC2)C1. The molecule has 0 bridgehead atoms. The Kier molecular flexibility index (Phi) is 1.78. The Morgan fingerprint density at radius 3 is 2.09 bits per heavy atom. The van der Waals surface area contributed by atoms with Crippen molar-refractivity contribution in [1.29, 1.82) is 0 Å². The van der Waals surface area contributed by atoms with Gasteiger partial charge in [-0.15, -0.1) is 0 Å². The van der Waals surface area contributed by atoms with Gasteiger partial charge in [0, 0.05) is 0 Å². The first-order valence-electron chi connectivity index (χ1n) is 4.97. The lowest BCUT2D eigenvalue weighted by Crippen LogP contribution is -2.04.